The van der Waals surface area contributed by atoms with Gasteiger partial charge in [-0.05, 0) is 38.5 Å². The molecule has 4 nitrogen and oxygen atoms in total. The van der Waals surface area contributed by atoms with Gasteiger partial charge in [0, 0.05) is 24.8 Å². The lowest BCUT2D eigenvalue weighted by Crippen LogP contribution is -2.36. The molecule has 1 aliphatic rings. The van der Waals surface area contributed by atoms with E-state index in [1.165, 1.54) is 25.9 Å². The van der Waals surface area contributed by atoms with Gasteiger partial charge < -0.3 is 4.74 Å². The summed E-state index contributed by atoms with van der Waals surface area (Å²) in [5, 5.41) is 4.44. The molecule has 114 valence electrons. The van der Waals surface area contributed by atoms with Crippen molar-refractivity contribution in [2.24, 2.45) is 11.8 Å². The molecule has 1 fully saturated rings. The van der Waals surface area contributed by atoms with Crippen molar-refractivity contribution in [1.29, 1.82) is 0 Å². The molecule has 1 aromatic heterocycles. The number of ether oxygens (including phenoxy) is 1. The zero-order valence-corrected chi connectivity index (χ0v) is 13.4. The third kappa shape index (κ3) is 4.60. The van der Waals surface area contributed by atoms with Gasteiger partial charge in [-0.25, -0.2) is 0 Å². The first kappa shape index (κ1) is 15.5. The zero-order chi connectivity index (χ0) is 14.5. The average molecular weight is 279 g/mol. The summed E-state index contributed by atoms with van der Waals surface area (Å²) in [5.74, 6) is 1.72. The summed E-state index contributed by atoms with van der Waals surface area (Å²) in [6.07, 6.45) is 6.94. The highest BCUT2D eigenvalue weighted by Crippen LogP contribution is 2.24. The van der Waals surface area contributed by atoms with Crippen LogP contribution in [0.2, 0.25) is 0 Å². The molecular weight excluding hydrogens is 250 g/mol. The van der Waals surface area contributed by atoms with Gasteiger partial charge >= 0.3 is 0 Å². The topological polar surface area (TPSA) is 30.3 Å². The fourth-order valence-electron chi connectivity index (χ4n) is 2.79. The molecule has 0 atom stereocenters. The fourth-order valence-corrected chi connectivity index (χ4v) is 2.79. The van der Waals surface area contributed by atoms with Crippen LogP contribution in [0, 0.1) is 11.8 Å². The second-order valence-electron chi connectivity index (χ2n) is 6.59. The highest BCUT2D eigenvalue weighted by Gasteiger charge is 2.21. The van der Waals surface area contributed by atoms with Gasteiger partial charge in [-0.1, -0.05) is 13.8 Å². The number of piperidine rings is 1. The summed E-state index contributed by atoms with van der Waals surface area (Å²) in [5.41, 5.74) is 1.16. The smallest absolute Gasteiger partial charge is 0.0928 e. The van der Waals surface area contributed by atoms with E-state index in [1.807, 2.05) is 10.9 Å². The molecule has 20 heavy (non-hydrogen) atoms. The van der Waals surface area contributed by atoms with E-state index in [4.69, 9.17) is 4.74 Å². The molecule has 4 heteroatoms. The molecule has 0 amide bonds. The lowest BCUT2D eigenvalue weighted by atomic mass is 9.87. The Kier molecular flexibility index (Phi) is 5.61. The van der Waals surface area contributed by atoms with Crippen LogP contribution in [0.3, 0.4) is 0 Å². The molecule has 0 aromatic carbocycles. The van der Waals surface area contributed by atoms with Gasteiger partial charge in [0.2, 0.25) is 0 Å². The van der Waals surface area contributed by atoms with Crippen LogP contribution in [0.15, 0.2) is 12.4 Å². The van der Waals surface area contributed by atoms with E-state index < -0.39 is 0 Å². The lowest BCUT2D eigenvalue weighted by Gasteiger charge is -2.33. The predicted molar refractivity (Wildman–Crippen MR) is 81.3 cm³/mol. The van der Waals surface area contributed by atoms with Gasteiger partial charge in [0.15, 0.2) is 0 Å². The molecular formula is C16H29N3O. The maximum absolute atomic E-state index is 5.60. The molecule has 0 aliphatic carbocycles. The van der Waals surface area contributed by atoms with Crippen LogP contribution < -0.4 is 0 Å². The van der Waals surface area contributed by atoms with Crippen molar-refractivity contribution >= 4 is 0 Å². The highest BCUT2D eigenvalue weighted by atomic mass is 16.5. The summed E-state index contributed by atoms with van der Waals surface area (Å²) in [7, 11) is 0. The van der Waals surface area contributed by atoms with Crippen LogP contribution in [0.25, 0.3) is 0 Å². The van der Waals surface area contributed by atoms with E-state index in [2.05, 4.69) is 43.9 Å². The van der Waals surface area contributed by atoms with Gasteiger partial charge in [-0.3, -0.25) is 9.58 Å². The Morgan fingerprint density at radius 1 is 1.25 bits per heavy atom. The first-order valence-corrected chi connectivity index (χ1v) is 7.90. The molecule has 0 spiro atoms. The summed E-state index contributed by atoms with van der Waals surface area (Å²) in [6.45, 7) is 12.8. The molecule has 0 bridgehead atoms. The van der Waals surface area contributed by atoms with Gasteiger partial charge in [-0.2, -0.15) is 5.10 Å². The highest BCUT2D eigenvalue weighted by molar-refractivity contribution is 5.01. The molecule has 0 radical (unpaired) electrons. The number of hydrogen-bond donors (Lipinski definition) is 0. The Bertz CT molecular complexity index is 392. The summed E-state index contributed by atoms with van der Waals surface area (Å²) in [4.78, 5) is 2.50. The van der Waals surface area contributed by atoms with Gasteiger partial charge in [0.1, 0.15) is 0 Å². The van der Waals surface area contributed by atoms with Crippen LogP contribution in [-0.2, 0) is 18.0 Å². The van der Waals surface area contributed by atoms with Crippen molar-refractivity contribution < 1.29 is 4.74 Å². The van der Waals surface area contributed by atoms with E-state index >= 15 is 0 Å². The predicted octanol–water partition coefficient (Wildman–Crippen LogP) is 3.13. The van der Waals surface area contributed by atoms with Crippen LogP contribution in [0.1, 0.15) is 46.1 Å². The number of nitrogens with zero attached hydrogens (tertiary/aromatic N) is 3. The average Bonchev–Trinajstić information content (AvgIpc) is 2.84. The minimum absolute atomic E-state index is 0.272. The van der Waals surface area contributed by atoms with Gasteiger partial charge in [0.05, 0.1) is 25.6 Å². The van der Waals surface area contributed by atoms with Crippen molar-refractivity contribution in [2.75, 3.05) is 13.1 Å². The maximum Gasteiger partial charge on any atom is 0.0928 e. The second kappa shape index (κ2) is 7.23. The van der Waals surface area contributed by atoms with Gasteiger partial charge in [-0.15, -0.1) is 0 Å². The standard InChI is InChI=1S/C16H29N3O/c1-13(2)16-5-7-18(8-6-16)12-19-10-15(9-17-19)11-20-14(3)4/h9-10,13-14,16H,5-8,11-12H2,1-4H3. The Morgan fingerprint density at radius 3 is 2.55 bits per heavy atom. The normalized spacial score (nSPS) is 18.3. The Hall–Kier alpha value is -0.870. The minimum atomic E-state index is 0.272. The Balaban J connectivity index is 1.77. The van der Waals surface area contributed by atoms with E-state index in [1.54, 1.807) is 0 Å². The molecule has 2 rings (SSSR count). The summed E-state index contributed by atoms with van der Waals surface area (Å²) >= 11 is 0. The molecule has 0 saturated carbocycles. The fraction of sp³-hybridized carbons (Fsp3) is 0.812. The maximum atomic E-state index is 5.60. The first-order valence-electron chi connectivity index (χ1n) is 7.90. The third-order valence-electron chi connectivity index (χ3n) is 4.19. The summed E-state index contributed by atoms with van der Waals surface area (Å²) < 4.78 is 7.64. The zero-order valence-electron chi connectivity index (χ0n) is 13.4. The molecule has 1 aliphatic heterocycles. The van der Waals surface area contributed by atoms with Crippen LogP contribution in [-0.4, -0.2) is 33.9 Å². The van der Waals surface area contributed by atoms with E-state index in [-0.39, 0.29) is 6.10 Å². The molecule has 2 heterocycles. The third-order valence-corrected chi connectivity index (χ3v) is 4.19. The minimum Gasteiger partial charge on any atom is -0.374 e. The molecule has 1 saturated heterocycles. The van der Waals surface area contributed by atoms with Crippen molar-refractivity contribution in [3.05, 3.63) is 18.0 Å². The second-order valence-corrected chi connectivity index (χ2v) is 6.59. The Labute approximate surface area is 123 Å². The number of hydrogen-bond acceptors (Lipinski definition) is 3. The van der Waals surface area contributed by atoms with Crippen molar-refractivity contribution in [2.45, 2.75) is 59.9 Å². The summed E-state index contributed by atoms with van der Waals surface area (Å²) in [6, 6.07) is 0. The van der Waals surface area contributed by atoms with Crippen molar-refractivity contribution in [3.8, 4) is 0 Å². The quantitative estimate of drug-likeness (QED) is 0.801. The number of likely N-dealkylation sites (tertiary alicyclic amines) is 1. The van der Waals surface area contributed by atoms with Crippen molar-refractivity contribution in [3.63, 3.8) is 0 Å². The monoisotopic (exact) mass is 279 g/mol. The van der Waals surface area contributed by atoms with E-state index in [0.29, 0.717) is 6.61 Å². The van der Waals surface area contributed by atoms with E-state index in [0.717, 1.165) is 24.1 Å². The van der Waals surface area contributed by atoms with Crippen LogP contribution in [0.4, 0.5) is 0 Å². The van der Waals surface area contributed by atoms with E-state index in [9.17, 15) is 0 Å². The molecule has 0 N–H and O–H groups in total. The SMILES string of the molecule is CC(C)OCc1cnn(CN2CCC(C(C)C)CC2)c1. The number of aromatic nitrogens is 2. The lowest BCUT2D eigenvalue weighted by molar-refractivity contribution is 0.0655. The van der Waals surface area contributed by atoms with Gasteiger partial charge in [0.25, 0.3) is 0 Å². The van der Waals surface area contributed by atoms with Crippen molar-refractivity contribution in [1.82, 2.24) is 14.7 Å². The Morgan fingerprint density at radius 2 is 1.95 bits per heavy atom. The number of rotatable bonds is 6. The molecule has 0 unspecified atom stereocenters. The van der Waals surface area contributed by atoms with Crippen LogP contribution in [0.5, 0.6) is 0 Å². The van der Waals surface area contributed by atoms with Crippen LogP contribution >= 0.6 is 0 Å². The largest absolute Gasteiger partial charge is 0.374 e. The molecule has 1 aromatic rings. The first-order chi connectivity index (χ1) is 9.54.